The fraction of sp³-hybridized carbons (Fsp3) is 0.368. The van der Waals surface area contributed by atoms with Gasteiger partial charge in [0, 0.05) is 48.7 Å². The summed E-state index contributed by atoms with van der Waals surface area (Å²) in [5.41, 5.74) is 1.76. The van der Waals surface area contributed by atoms with E-state index in [-0.39, 0.29) is 11.9 Å². The minimum Gasteiger partial charge on any atom is -0.341 e. The Hall–Kier alpha value is -2.47. The minimum absolute atomic E-state index is 0.120. The quantitative estimate of drug-likeness (QED) is 0.709. The highest BCUT2D eigenvalue weighted by Crippen LogP contribution is 2.29. The first-order valence-corrected chi connectivity index (χ1v) is 9.20. The van der Waals surface area contributed by atoms with Crippen LogP contribution in [0, 0.1) is 0 Å². The van der Waals surface area contributed by atoms with Gasteiger partial charge in [0.25, 0.3) is 0 Å². The van der Waals surface area contributed by atoms with Crippen molar-refractivity contribution >= 4 is 28.5 Å². The van der Waals surface area contributed by atoms with Gasteiger partial charge in [-0.15, -0.1) is 0 Å². The van der Waals surface area contributed by atoms with Gasteiger partial charge in [-0.2, -0.15) is 5.10 Å². The molecule has 1 atom stereocenters. The van der Waals surface area contributed by atoms with E-state index >= 15 is 0 Å². The predicted octanol–water partition coefficient (Wildman–Crippen LogP) is 3.45. The second-order valence-corrected chi connectivity index (χ2v) is 7.13. The van der Waals surface area contributed by atoms with Crippen LogP contribution in [0.3, 0.4) is 0 Å². The molecule has 1 aliphatic rings. The van der Waals surface area contributed by atoms with Crippen LogP contribution in [0.1, 0.15) is 37.4 Å². The molecule has 0 saturated carbocycles. The van der Waals surface area contributed by atoms with Crippen LogP contribution in [0.2, 0.25) is 5.02 Å². The van der Waals surface area contributed by atoms with E-state index in [1.807, 2.05) is 36.2 Å². The summed E-state index contributed by atoms with van der Waals surface area (Å²) in [6.07, 6.45) is 6.96. The fourth-order valence-electron chi connectivity index (χ4n) is 3.51. The summed E-state index contributed by atoms with van der Waals surface area (Å²) in [6, 6.07) is 7.51. The first-order valence-electron chi connectivity index (χ1n) is 8.82. The molecule has 1 fully saturated rings. The van der Waals surface area contributed by atoms with Crippen molar-refractivity contribution in [2.24, 2.45) is 0 Å². The number of likely N-dealkylation sites (tertiary alicyclic amines) is 1. The van der Waals surface area contributed by atoms with Crippen LogP contribution in [0.4, 0.5) is 0 Å². The zero-order valence-electron chi connectivity index (χ0n) is 14.5. The molecule has 1 saturated heterocycles. The van der Waals surface area contributed by atoms with Crippen molar-refractivity contribution in [1.82, 2.24) is 24.6 Å². The number of hydrogen-bond donors (Lipinski definition) is 0. The summed E-state index contributed by atoms with van der Waals surface area (Å²) in [6.45, 7) is 3.37. The lowest BCUT2D eigenvalue weighted by Crippen LogP contribution is -2.41. The van der Waals surface area contributed by atoms with Crippen molar-refractivity contribution in [3.05, 3.63) is 53.6 Å². The Kier molecular flexibility index (Phi) is 4.59. The van der Waals surface area contributed by atoms with Gasteiger partial charge < -0.3 is 4.90 Å². The number of pyridine rings is 2. The predicted molar refractivity (Wildman–Crippen MR) is 100 cm³/mol. The van der Waals surface area contributed by atoms with Crippen LogP contribution in [-0.4, -0.2) is 43.6 Å². The van der Waals surface area contributed by atoms with Crippen molar-refractivity contribution in [2.45, 2.75) is 31.7 Å². The number of hydrogen-bond acceptors (Lipinski definition) is 4. The smallest absolute Gasteiger partial charge is 0.247 e. The van der Waals surface area contributed by atoms with E-state index in [9.17, 15) is 4.79 Å². The third kappa shape index (κ3) is 3.29. The molecule has 0 aliphatic carbocycles. The standard InChI is InChI=1S/C19H20ClN5O/c1-13(25-8-2-7-22-25)19(26)24-9-5-14(6-10-24)17-4-3-15-11-16(20)12-21-18(15)23-17/h2-4,7-8,11-14H,5-6,9-10H2,1H3. The van der Waals surface area contributed by atoms with Gasteiger partial charge in [0.1, 0.15) is 6.04 Å². The molecule has 0 N–H and O–H groups in total. The second kappa shape index (κ2) is 7.03. The number of aromatic nitrogens is 4. The molecule has 4 rings (SSSR count). The van der Waals surface area contributed by atoms with Crippen LogP contribution < -0.4 is 0 Å². The molecule has 0 bridgehead atoms. The van der Waals surface area contributed by atoms with Gasteiger partial charge in [-0.1, -0.05) is 11.6 Å². The lowest BCUT2D eigenvalue weighted by atomic mass is 9.92. The number of amides is 1. The normalized spacial score (nSPS) is 16.8. The van der Waals surface area contributed by atoms with Crippen LogP contribution >= 0.6 is 11.6 Å². The second-order valence-electron chi connectivity index (χ2n) is 6.70. The molecule has 0 aromatic carbocycles. The highest BCUT2D eigenvalue weighted by Gasteiger charge is 2.28. The molecule has 134 valence electrons. The van der Waals surface area contributed by atoms with E-state index in [0.29, 0.717) is 10.9 Å². The number of nitrogens with zero attached hydrogens (tertiary/aromatic N) is 5. The summed E-state index contributed by atoms with van der Waals surface area (Å²) in [7, 11) is 0. The molecular weight excluding hydrogens is 350 g/mol. The molecule has 6 nitrogen and oxygen atoms in total. The Balaban J connectivity index is 1.43. The van der Waals surface area contributed by atoms with Gasteiger partial charge in [-0.3, -0.25) is 9.48 Å². The highest BCUT2D eigenvalue weighted by atomic mass is 35.5. The van der Waals surface area contributed by atoms with Crippen LogP contribution in [0.5, 0.6) is 0 Å². The maximum Gasteiger partial charge on any atom is 0.247 e. The number of rotatable bonds is 3. The lowest BCUT2D eigenvalue weighted by Gasteiger charge is -2.33. The fourth-order valence-corrected chi connectivity index (χ4v) is 3.67. The molecule has 1 amide bonds. The van der Waals surface area contributed by atoms with E-state index in [1.54, 1.807) is 17.1 Å². The summed E-state index contributed by atoms with van der Waals surface area (Å²) >= 11 is 5.98. The van der Waals surface area contributed by atoms with E-state index in [1.165, 1.54) is 0 Å². The van der Waals surface area contributed by atoms with Crippen molar-refractivity contribution in [3.63, 3.8) is 0 Å². The number of halogens is 1. The average Bonchev–Trinajstić information content (AvgIpc) is 3.21. The average molecular weight is 370 g/mol. The van der Waals surface area contributed by atoms with Gasteiger partial charge in [-0.05, 0) is 44.0 Å². The van der Waals surface area contributed by atoms with Crippen LogP contribution in [0.15, 0.2) is 42.9 Å². The third-order valence-corrected chi connectivity index (χ3v) is 5.24. The Morgan fingerprint density at radius 3 is 2.85 bits per heavy atom. The Labute approximate surface area is 156 Å². The van der Waals surface area contributed by atoms with Gasteiger partial charge in [0.05, 0.1) is 5.02 Å². The van der Waals surface area contributed by atoms with Crippen LogP contribution in [0.25, 0.3) is 11.0 Å². The summed E-state index contributed by atoms with van der Waals surface area (Å²) in [5.74, 6) is 0.468. The first-order chi connectivity index (χ1) is 12.6. The molecule has 1 aliphatic heterocycles. The zero-order valence-corrected chi connectivity index (χ0v) is 15.3. The SMILES string of the molecule is CC(C(=O)N1CCC(c2ccc3cc(Cl)cnc3n2)CC1)n1cccn1. The van der Waals surface area contributed by atoms with E-state index in [4.69, 9.17) is 16.6 Å². The molecule has 0 spiro atoms. The lowest BCUT2D eigenvalue weighted by molar-refractivity contribution is -0.135. The van der Waals surface area contributed by atoms with Gasteiger partial charge >= 0.3 is 0 Å². The van der Waals surface area contributed by atoms with Crippen molar-refractivity contribution in [3.8, 4) is 0 Å². The zero-order chi connectivity index (χ0) is 18.1. The van der Waals surface area contributed by atoms with Crippen LogP contribution in [-0.2, 0) is 4.79 Å². The largest absolute Gasteiger partial charge is 0.341 e. The minimum atomic E-state index is -0.269. The molecule has 7 heteroatoms. The van der Waals surface area contributed by atoms with Gasteiger partial charge in [0.15, 0.2) is 5.65 Å². The molecule has 3 aromatic rings. The number of carbonyl (C=O) groups excluding carboxylic acids is 1. The maximum atomic E-state index is 12.7. The van der Waals surface area contributed by atoms with Crippen molar-refractivity contribution in [2.75, 3.05) is 13.1 Å². The summed E-state index contributed by atoms with van der Waals surface area (Å²) < 4.78 is 1.70. The third-order valence-electron chi connectivity index (χ3n) is 5.03. The molecule has 3 aromatic heterocycles. The molecular formula is C19H20ClN5O. The van der Waals surface area contributed by atoms with E-state index in [2.05, 4.69) is 16.1 Å². The van der Waals surface area contributed by atoms with Gasteiger partial charge in [-0.25, -0.2) is 9.97 Å². The number of fused-ring (bicyclic) bond motifs is 1. The number of piperidine rings is 1. The molecule has 1 unspecified atom stereocenters. The Bertz CT molecular complexity index is 919. The molecule has 26 heavy (non-hydrogen) atoms. The Morgan fingerprint density at radius 1 is 1.31 bits per heavy atom. The monoisotopic (exact) mass is 369 g/mol. The molecule has 0 radical (unpaired) electrons. The maximum absolute atomic E-state index is 12.7. The highest BCUT2D eigenvalue weighted by molar-refractivity contribution is 6.31. The Morgan fingerprint density at radius 2 is 2.12 bits per heavy atom. The molecule has 4 heterocycles. The van der Waals surface area contributed by atoms with E-state index < -0.39 is 0 Å². The topological polar surface area (TPSA) is 63.9 Å². The van der Waals surface area contributed by atoms with Gasteiger partial charge in [0.2, 0.25) is 5.91 Å². The summed E-state index contributed by atoms with van der Waals surface area (Å²) in [5, 5.41) is 5.73. The number of carbonyl (C=O) groups is 1. The van der Waals surface area contributed by atoms with Crippen molar-refractivity contribution in [1.29, 1.82) is 0 Å². The van der Waals surface area contributed by atoms with Crippen molar-refractivity contribution < 1.29 is 4.79 Å². The first kappa shape index (κ1) is 17.0. The van der Waals surface area contributed by atoms with E-state index in [0.717, 1.165) is 42.7 Å². The summed E-state index contributed by atoms with van der Waals surface area (Å²) in [4.78, 5) is 23.6.